The van der Waals surface area contributed by atoms with Crippen molar-refractivity contribution in [1.29, 1.82) is 0 Å². The first-order valence-electron chi connectivity index (χ1n) is 8.85. The molecule has 0 aromatic heterocycles. The molecule has 2 amide bonds. The van der Waals surface area contributed by atoms with Crippen LogP contribution < -0.4 is 22.1 Å². The van der Waals surface area contributed by atoms with Gasteiger partial charge in [0.05, 0.1) is 6.04 Å². The van der Waals surface area contributed by atoms with E-state index in [9.17, 15) is 9.59 Å². The zero-order valence-electron chi connectivity index (χ0n) is 15.5. The lowest BCUT2D eigenvalue weighted by molar-refractivity contribution is -0.130. The standard InChI is InChI=1S/C19H32N4O2/c1-19(2,3)23-18(25)16(11-7-8-12-20)22-17(24)15(21)13-14-9-5-4-6-10-14/h4-6,9-10,15-16H,7-8,11-13,20-21H2,1-3H3,(H,22,24)(H,23,25)/t15-,16-/m0/s1. The van der Waals surface area contributed by atoms with Crippen LogP contribution in [0.5, 0.6) is 0 Å². The van der Waals surface area contributed by atoms with Gasteiger partial charge in [0, 0.05) is 5.54 Å². The second-order valence-corrected chi connectivity index (χ2v) is 7.38. The molecule has 0 unspecified atom stereocenters. The van der Waals surface area contributed by atoms with E-state index >= 15 is 0 Å². The van der Waals surface area contributed by atoms with E-state index in [2.05, 4.69) is 10.6 Å². The van der Waals surface area contributed by atoms with Crippen molar-refractivity contribution in [2.45, 2.75) is 64.1 Å². The van der Waals surface area contributed by atoms with Gasteiger partial charge in [-0.3, -0.25) is 9.59 Å². The van der Waals surface area contributed by atoms with E-state index in [4.69, 9.17) is 11.5 Å². The molecule has 1 rings (SSSR count). The first kappa shape index (κ1) is 21.1. The van der Waals surface area contributed by atoms with Gasteiger partial charge in [-0.05, 0) is 58.6 Å². The Balaban J connectivity index is 2.67. The number of benzene rings is 1. The number of carbonyl (C=O) groups is 2. The van der Waals surface area contributed by atoms with Gasteiger partial charge in [-0.25, -0.2) is 0 Å². The van der Waals surface area contributed by atoms with Crippen LogP contribution in [0.25, 0.3) is 0 Å². The molecule has 6 heteroatoms. The van der Waals surface area contributed by atoms with E-state index in [1.165, 1.54) is 0 Å². The maximum Gasteiger partial charge on any atom is 0.242 e. The summed E-state index contributed by atoms with van der Waals surface area (Å²) in [6.45, 7) is 6.29. The lowest BCUT2D eigenvalue weighted by Crippen LogP contribution is -2.55. The lowest BCUT2D eigenvalue weighted by atomic mass is 10.0. The molecule has 0 saturated carbocycles. The predicted octanol–water partition coefficient (Wildman–Crippen LogP) is 1.08. The Bertz CT molecular complexity index is 540. The third kappa shape index (κ3) is 8.65. The topological polar surface area (TPSA) is 110 Å². The zero-order chi connectivity index (χ0) is 18.9. The Hall–Kier alpha value is -1.92. The van der Waals surface area contributed by atoms with Crippen LogP contribution >= 0.6 is 0 Å². The SMILES string of the molecule is CC(C)(C)NC(=O)[C@H](CCCCN)NC(=O)[C@@H](N)Cc1ccccc1. The van der Waals surface area contributed by atoms with Gasteiger partial charge in [0.15, 0.2) is 0 Å². The van der Waals surface area contributed by atoms with E-state index in [1.54, 1.807) is 0 Å². The van der Waals surface area contributed by atoms with Crippen LogP contribution in [0.1, 0.15) is 45.6 Å². The first-order valence-corrected chi connectivity index (χ1v) is 8.85. The Morgan fingerprint density at radius 2 is 1.72 bits per heavy atom. The van der Waals surface area contributed by atoms with Crippen LogP contribution in [0, 0.1) is 0 Å². The summed E-state index contributed by atoms with van der Waals surface area (Å²) in [7, 11) is 0. The second kappa shape index (κ2) is 10.2. The molecule has 6 nitrogen and oxygen atoms in total. The maximum atomic E-state index is 12.5. The summed E-state index contributed by atoms with van der Waals surface area (Å²) in [5, 5.41) is 5.72. The molecule has 1 aromatic rings. The molecule has 0 heterocycles. The van der Waals surface area contributed by atoms with Gasteiger partial charge in [-0.1, -0.05) is 30.3 Å². The van der Waals surface area contributed by atoms with Crippen LogP contribution in [0.4, 0.5) is 0 Å². The third-order valence-corrected chi connectivity index (χ3v) is 3.71. The minimum Gasteiger partial charge on any atom is -0.350 e. The quantitative estimate of drug-likeness (QED) is 0.501. The number of nitrogens with two attached hydrogens (primary N) is 2. The molecule has 0 aliphatic rings. The molecule has 6 N–H and O–H groups in total. The highest BCUT2D eigenvalue weighted by atomic mass is 16.2. The molecule has 0 spiro atoms. The molecule has 140 valence electrons. The molecule has 0 fully saturated rings. The maximum absolute atomic E-state index is 12.5. The van der Waals surface area contributed by atoms with Gasteiger partial charge in [-0.2, -0.15) is 0 Å². The molecule has 0 radical (unpaired) electrons. The van der Waals surface area contributed by atoms with Crippen LogP contribution in [0.2, 0.25) is 0 Å². The van der Waals surface area contributed by atoms with Crippen LogP contribution in [0.15, 0.2) is 30.3 Å². The Labute approximate surface area is 150 Å². The van der Waals surface area contributed by atoms with Crippen LogP contribution in [-0.4, -0.2) is 36.0 Å². The molecule has 0 bridgehead atoms. The first-order chi connectivity index (χ1) is 11.7. The average Bonchev–Trinajstić information content (AvgIpc) is 2.53. The molecule has 0 saturated heterocycles. The summed E-state index contributed by atoms with van der Waals surface area (Å²) >= 11 is 0. The Morgan fingerprint density at radius 3 is 2.28 bits per heavy atom. The molecular formula is C19H32N4O2. The summed E-state index contributed by atoms with van der Waals surface area (Å²) < 4.78 is 0. The van der Waals surface area contributed by atoms with Crippen molar-refractivity contribution < 1.29 is 9.59 Å². The number of rotatable bonds is 9. The smallest absolute Gasteiger partial charge is 0.242 e. The summed E-state index contributed by atoms with van der Waals surface area (Å²) in [5.74, 6) is -0.504. The highest BCUT2D eigenvalue weighted by molar-refractivity contribution is 5.90. The number of carbonyl (C=O) groups excluding carboxylic acids is 2. The molecule has 1 aromatic carbocycles. The highest BCUT2D eigenvalue weighted by Crippen LogP contribution is 2.07. The predicted molar refractivity (Wildman–Crippen MR) is 101 cm³/mol. The molecule has 25 heavy (non-hydrogen) atoms. The summed E-state index contributed by atoms with van der Waals surface area (Å²) in [5.41, 5.74) is 12.2. The molecule has 0 aliphatic carbocycles. The summed E-state index contributed by atoms with van der Waals surface area (Å²) in [6, 6.07) is 8.30. The number of unbranched alkanes of at least 4 members (excludes halogenated alkanes) is 1. The van der Waals surface area contributed by atoms with Gasteiger partial charge in [0.25, 0.3) is 0 Å². The van der Waals surface area contributed by atoms with Crippen molar-refractivity contribution in [1.82, 2.24) is 10.6 Å². The van der Waals surface area contributed by atoms with E-state index in [1.807, 2.05) is 51.1 Å². The minimum atomic E-state index is -0.693. The van der Waals surface area contributed by atoms with Crippen LogP contribution in [-0.2, 0) is 16.0 Å². The normalized spacial score (nSPS) is 13.8. The van der Waals surface area contributed by atoms with Gasteiger partial charge < -0.3 is 22.1 Å². The van der Waals surface area contributed by atoms with Crippen molar-refractivity contribution in [3.63, 3.8) is 0 Å². The van der Waals surface area contributed by atoms with E-state index in [0.717, 1.165) is 18.4 Å². The molecule has 2 atom stereocenters. The van der Waals surface area contributed by atoms with Crippen molar-refractivity contribution in [3.8, 4) is 0 Å². The number of hydrogen-bond acceptors (Lipinski definition) is 4. The number of nitrogens with one attached hydrogen (secondary N) is 2. The average molecular weight is 348 g/mol. The van der Waals surface area contributed by atoms with Crippen molar-refractivity contribution in [2.75, 3.05) is 6.54 Å². The monoisotopic (exact) mass is 348 g/mol. The largest absolute Gasteiger partial charge is 0.350 e. The van der Waals surface area contributed by atoms with Gasteiger partial charge in [-0.15, -0.1) is 0 Å². The van der Waals surface area contributed by atoms with Crippen LogP contribution in [0.3, 0.4) is 0 Å². The fraction of sp³-hybridized carbons (Fsp3) is 0.579. The minimum absolute atomic E-state index is 0.190. The summed E-state index contributed by atoms with van der Waals surface area (Å²) in [4.78, 5) is 24.9. The number of hydrogen-bond donors (Lipinski definition) is 4. The van der Waals surface area contributed by atoms with Gasteiger partial charge >= 0.3 is 0 Å². The fourth-order valence-electron chi connectivity index (χ4n) is 2.46. The zero-order valence-corrected chi connectivity index (χ0v) is 15.5. The van der Waals surface area contributed by atoms with Crippen molar-refractivity contribution >= 4 is 11.8 Å². The molecular weight excluding hydrogens is 316 g/mol. The second-order valence-electron chi connectivity index (χ2n) is 7.38. The van der Waals surface area contributed by atoms with Crippen molar-refractivity contribution in [2.24, 2.45) is 11.5 Å². The lowest BCUT2D eigenvalue weighted by Gasteiger charge is -2.26. The highest BCUT2D eigenvalue weighted by Gasteiger charge is 2.26. The van der Waals surface area contributed by atoms with Crippen molar-refractivity contribution in [3.05, 3.63) is 35.9 Å². The van der Waals surface area contributed by atoms with Gasteiger partial charge in [0.2, 0.25) is 11.8 Å². The third-order valence-electron chi connectivity index (χ3n) is 3.71. The molecule has 0 aliphatic heterocycles. The number of amides is 2. The fourth-order valence-corrected chi connectivity index (χ4v) is 2.46. The van der Waals surface area contributed by atoms with E-state index in [-0.39, 0.29) is 17.4 Å². The Morgan fingerprint density at radius 1 is 1.08 bits per heavy atom. The summed E-state index contributed by atoms with van der Waals surface area (Å²) in [6.07, 6.45) is 2.56. The van der Waals surface area contributed by atoms with E-state index < -0.39 is 12.1 Å². The Kier molecular flexibility index (Phi) is 8.58. The van der Waals surface area contributed by atoms with E-state index in [0.29, 0.717) is 19.4 Å². The van der Waals surface area contributed by atoms with Gasteiger partial charge in [0.1, 0.15) is 6.04 Å².